The van der Waals surface area contributed by atoms with E-state index in [1.807, 2.05) is 60.3 Å². The third kappa shape index (κ3) is 6.51. The molecule has 0 fully saturated rings. The Morgan fingerprint density at radius 2 is 1.85 bits per heavy atom. The lowest BCUT2D eigenvalue weighted by Crippen LogP contribution is -2.42. The van der Waals surface area contributed by atoms with E-state index < -0.39 is 0 Å². The largest absolute Gasteiger partial charge is 0.493 e. The molecule has 0 aliphatic carbocycles. The molecule has 7 heteroatoms. The van der Waals surface area contributed by atoms with Crippen molar-refractivity contribution in [3.05, 3.63) is 76.6 Å². The van der Waals surface area contributed by atoms with Crippen molar-refractivity contribution in [2.75, 3.05) is 14.2 Å². The molecule has 1 unspecified atom stereocenters. The first kappa shape index (κ1) is 24.2. The summed E-state index contributed by atoms with van der Waals surface area (Å²) in [5.74, 6) is 2.19. The van der Waals surface area contributed by atoms with Crippen LogP contribution in [0, 0.1) is 13.8 Å². The van der Waals surface area contributed by atoms with Crippen molar-refractivity contribution in [2.24, 2.45) is 12.0 Å². The normalized spacial score (nSPS) is 12.4. The topological polar surface area (TPSA) is 72.7 Å². The van der Waals surface area contributed by atoms with E-state index in [0.717, 1.165) is 35.0 Å². The summed E-state index contributed by atoms with van der Waals surface area (Å²) in [5.41, 5.74) is 5.75. The van der Waals surface area contributed by atoms with Gasteiger partial charge >= 0.3 is 0 Å². The molecule has 0 spiro atoms. The molecule has 0 bridgehead atoms. The van der Waals surface area contributed by atoms with Crippen LogP contribution >= 0.6 is 0 Å². The van der Waals surface area contributed by atoms with E-state index in [0.29, 0.717) is 18.9 Å². The highest BCUT2D eigenvalue weighted by Gasteiger charge is 2.14. The molecule has 0 amide bonds. The van der Waals surface area contributed by atoms with Gasteiger partial charge < -0.3 is 20.1 Å². The van der Waals surface area contributed by atoms with Crippen LogP contribution in [0.1, 0.15) is 35.0 Å². The molecule has 2 N–H and O–H groups in total. The molecule has 0 saturated heterocycles. The van der Waals surface area contributed by atoms with E-state index >= 15 is 0 Å². The van der Waals surface area contributed by atoms with Crippen LogP contribution in [0.25, 0.3) is 0 Å². The van der Waals surface area contributed by atoms with Crippen LogP contribution in [-0.4, -0.2) is 35.9 Å². The highest BCUT2D eigenvalue weighted by atomic mass is 16.5. The van der Waals surface area contributed by atoms with Gasteiger partial charge in [0.15, 0.2) is 17.5 Å². The van der Waals surface area contributed by atoms with Crippen LogP contribution in [0.2, 0.25) is 0 Å². The Hall–Kier alpha value is -3.48. The molecule has 7 nitrogen and oxygen atoms in total. The molecule has 1 aromatic heterocycles. The summed E-state index contributed by atoms with van der Waals surface area (Å²) < 4.78 is 13.4. The zero-order valence-corrected chi connectivity index (χ0v) is 20.5. The van der Waals surface area contributed by atoms with Gasteiger partial charge in [-0.05, 0) is 56.0 Å². The van der Waals surface area contributed by atoms with Crippen molar-refractivity contribution in [3.8, 4) is 11.5 Å². The predicted molar refractivity (Wildman–Crippen MR) is 133 cm³/mol. The molecule has 1 atom stereocenters. The fourth-order valence-electron chi connectivity index (χ4n) is 3.76. The zero-order valence-electron chi connectivity index (χ0n) is 20.5. The summed E-state index contributed by atoms with van der Waals surface area (Å²) in [7, 11) is 5.42. The van der Waals surface area contributed by atoms with Crippen LogP contribution in [-0.2, 0) is 26.6 Å². The highest BCUT2D eigenvalue weighted by molar-refractivity contribution is 5.80. The van der Waals surface area contributed by atoms with Crippen LogP contribution < -0.4 is 20.1 Å². The van der Waals surface area contributed by atoms with E-state index in [1.54, 1.807) is 14.2 Å². The summed E-state index contributed by atoms with van der Waals surface area (Å²) in [6.45, 7) is 7.44. The first-order valence-electron chi connectivity index (χ1n) is 11.2. The minimum absolute atomic E-state index is 0.209. The molecular formula is C26H35N5O2. The maximum atomic E-state index is 5.96. The van der Waals surface area contributed by atoms with Gasteiger partial charge in [-0.2, -0.15) is 5.10 Å². The average Bonchev–Trinajstić information content (AvgIpc) is 3.07. The predicted octanol–water partition coefficient (Wildman–Crippen LogP) is 3.92. The third-order valence-corrected chi connectivity index (χ3v) is 5.70. The number of aliphatic imine (C=N–C) groups is 1. The molecular weight excluding hydrogens is 414 g/mol. The van der Waals surface area contributed by atoms with E-state index in [4.69, 9.17) is 9.47 Å². The van der Waals surface area contributed by atoms with Gasteiger partial charge in [0.1, 0.15) is 6.61 Å². The van der Waals surface area contributed by atoms with Gasteiger partial charge in [-0.25, -0.2) is 0 Å². The van der Waals surface area contributed by atoms with Crippen molar-refractivity contribution < 1.29 is 9.47 Å². The summed E-state index contributed by atoms with van der Waals surface area (Å²) in [6, 6.07) is 16.3. The Bertz CT molecular complexity index is 1080. The fraction of sp³-hybridized carbons (Fsp3) is 0.385. The molecule has 0 aliphatic heterocycles. The number of ether oxygens (including phenoxy) is 2. The number of guanidine groups is 1. The fourth-order valence-corrected chi connectivity index (χ4v) is 3.76. The van der Waals surface area contributed by atoms with Crippen LogP contribution in [0.4, 0.5) is 0 Å². The monoisotopic (exact) mass is 449 g/mol. The maximum Gasteiger partial charge on any atom is 0.191 e. The number of aromatic nitrogens is 2. The summed E-state index contributed by atoms with van der Waals surface area (Å²) in [4.78, 5) is 4.38. The lowest BCUT2D eigenvalue weighted by atomic mass is 10.1. The average molecular weight is 450 g/mol. The van der Waals surface area contributed by atoms with Crippen molar-refractivity contribution in [2.45, 2.75) is 46.4 Å². The Morgan fingerprint density at radius 3 is 2.48 bits per heavy atom. The van der Waals surface area contributed by atoms with E-state index in [9.17, 15) is 0 Å². The zero-order chi connectivity index (χ0) is 23.8. The van der Waals surface area contributed by atoms with Gasteiger partial charge in [0.2, 0.25) is 0 Å². The second kappa shape index (κ2) is 11.4. The van der Waals surface area contributed by atoms with Gasteiger partial charge in [-0.3, -0.25) is 9.67 Å². The summed E-state index contributed by atoms with van der Waals surface area (Å²) in [5, 5.41) is 11.4. The first-order chi connectivity index (χ1) is 15.9. The molecule has 0 saturated carbocycles. The van der Waals surface area contributed by atoms with Gasteiger partial charge in [0, 0.05) is 32.4 Å². The molecule has 0 radical (unpaired) electrons. The number of rotatable bonds is 9. The lowest BCUT2D eigenvalue weighted by molar-refractivity contribution is 0.284. The van der Waals surface area contributed by atoms with E-state index in [2.05, 4.69) is 41.5 Å². The second-order valence-corrected chi connectivity index (χ2v) is 8.21. The van der Waals surface area contributed by atoms with Gasteiger partial charge in [0.05, 0.1) is 12.8 Å². The Balaban J connectivity index is 1.56. The number of methoxy groups -OCH3 is 1. The Kier molecular flexibility index (Phi) is 8.35. The van der Waals surface area contributed by atoms with Gasteiger partial charge in [0.25, 0.3) is 0 Å². The molecule has 0 aliphatic rings. The minimum Gasteiger partial charge on any atom is -0.493 e. The van der Waals surface area contributed by atoms with Crippen molar-refractivity contribution in [1.29, 1.82) is 0 Å². The summed E-state index contributed by atoms with van der Waals surface area (Å²) >= 11 is 0. The van der Waals surface area contributed by atoms with Crippen molar-refractivity contribution in [1.82, 2.24) is 20.4 Å². The smallest absolute Gasteiger partial charge is 0.191 e. The van der Waals surface area contributed by atoms with Crippen molar-refractivity contribution >= 4 is 5.96 Å². The Morgan fingerprint density at radius 1 is 1.09 bits per heavy atom. The second-order valence-electron chi connectivity index (χ2n) is 8.21. The number of nitrogens with one attached hydrogen (secondary N) is 2. The van der Waals surface area contributed by atoms with Gasteiger partial charge in [-0.1, -0.05) is 36.4 Å². The molecule has 2 aromatic carbocycles. The van der Waals surface area contributed by atoms with Crippen LogP contribution in [0.5, 0.6) is 11.5 Å². The van der Waals surface area contributed by atoms with Crippen LogP contribution in [0.15, 0.2) is 53.5 Å². The molecule has 1 heterocycles. The van der Waals surface area contributed by atoms with Crippen molar-refractivity contribution in [3.63, 3.8) is 0 Å². The number of benzene rings is 2. The highest BCUT2D eigenvalue weighted by Crippen LogP contribution is 2.28. The lowest BCUT2D eigenvalue weighted by Gasteiger charge is -2.19. The number of nitrogens with zero attached hydrogens (tertiary/aromatic N) is 3. The Labute approximate surface area is 196 Å². The number of hydrogen-bond donors (Lipinski definition) is 2. The first-order valence-corrected chi connectivity index (χ1v) is 11.2. The standard InChI is InChI=1S/C26H35N5O2/c1-18(14-23-19(2)30-31(5)20(23)3)29-26(27-4)28-16-22-12-13-24(25(15-22)32-6)33-17-21-10-8-7-9-11-21/h7-13,15,18H,14,16-17H2,1-6H3,(H2,27,28,29). The molecule has 33 heavy (non-hydrogen) atoms. The van der Waals surface area contributed by atoms with E-state index in [-0.39, 0.29) is 6.04 Å². The van der Waals surface area contributed by atoms with Gasteiger partial charge in [-0.15, -0.1) is 0 Å². The minimum atomic E-state index is 0.209. The quantitative estimate of drug-likeness (QED) is 0.383. The third-order valence-electron chi connectivity index (χ3n) is 5.70. The molecule has 3 rings (SSSR count). The maximum absolute atomic E-state index is 5.96. The van der Waals surface area contributed by atoms with E-state index in [1.165, 1.54) is 11.3 Å². The number of aryl methyl sites for hydroxylation is 2. The molecule has 3 aromatic rings. The van der Waals surface area contributed by atoms with Crippen LogP contribution in [0.3, 0.4) is 0 Å². The SMILES string of the molecule is CN=C(NCc1ccc(OCc2ccccc2)c(OC)c1)NC(C)Cc1c(C)nn(C)c1C. The summed E-state index contributed by atoms with van der Waals surface area (Å²) in [6.07, 6.45) is 0.882. The number of hydrogen-bond acceptors (Lipinski definition) is 4. The molecule has 176 valence electrons.